The van der Waals surface area contributed by atoms with Crippen LogP contribution in [0.15, 0.2) is 0 Å². The van der Waals surface area contributed by atoms with Gasteiger partial charge in [0.05, 0.1) is 12.7 Å². The summed E-state index contributed by atoms with van der Waals surface area (Å²) in [6.45, 7) is 14.6. The highest BCUT2D eigenvalue weighted by molar-refractivity contribution is 5.66. The van der Waals surface area contributed by atoms with E-state index in [1.807, 2.05) is 0 Å². The van der Waals surface area contributed by atoms with Gasteiger partial charge in [-0.15, -0.1) is 0 Å². The molecule has 34 heavy (non-hydrogen) atoms. The van der Waals surface area contributed by atoms with Gasteiger partial charge in [0.2, 0.25) is 0 Å². The number of esters is 1. The van der Waals surface area contributed by atoms with Crippen molar-refractivity contribution in [1.29, 1.82) is 0 Å². The fourth-order valence-electron chi connectivity index (χ4n) is 10.8. The lowest BCUT2D eigenvalue weighted by molar-refractivity contribution is -0.274. The summed E-state index contributed by atoms with van der Waals surface area (Å²) < 4.78 is 19.8. The van der Waals surface area contributed by atoms with E-state index in [9.17, 15) is 4.79 Å². The Labute approximate surface area is 207 Å². The third-order valence-electron chi connectivity index (χ3n) is 12.6. The lowest BCUT2D eigenvalue weighted by atomic mass is 9.43. The van der Waals surface area contributed by atoms with Gasteiger partial charge in [0.25, 0.3) is 0 Å². The molecule has 0 bridgehead atoms. The largest absolute Gasteiger partial charge is 0.462 e. The highest BCUT2D eigenvalue weighted by atomic mass is 16.7. The number of fused-ring (bicyclic) bond motifs is 7. The molecule has 4 heteroatoms. The van der Waals surface area contributed by atoms with E-state index >= 15 is 0 Å². The highest BCUT2D eigenvalue weighted by Gasteiger charge is 2.72. The van der Waals surface area contributed by atoms with Crippen LogP contribution in [-0.2, 0) is 19.0 Å². The first kappa shape index (κ1) is 23.8. The molecule has 192 valence electrons. The summed E-state index contributed by atoms with van der Waals surface area (Å²) in [5.41, 5.74) is 0.390. The Balaban J connectivity index is 1.34. The second kappa shape index (κ2) is 7.94. The van der Waals surface area contributed by atoms with Crippen LogP contribution >= 0.6 is 0 Å². The molecule has 0 radical (unpaired) electrons. The Morgan fingerprint density at radius 1 is 0.912 bits per heavy atom. The minimum atomic E-state index is -0.420. The quantitative estimate of drug-likeness (QED) is 0.403. The number of carbonyl (C=O) groups is 1. The zero-order chi connectivity index (χ0) is 24.0. The Bertz CT molecular complexity index is 817. The van der Waals surface area contributed by atoms with Gasteiger partial charge in [-0.25, -0.2) is 0 Å². The number of hydrogen-bond donors (Lipinski definition) is 0. The molecule has 0 aromatic rings. The molecular weight excluding hydrogens is 424 g/mol. The topological polar surface area (TPSA) is 44.8 Å². The fourth-order valence-corrected chi connectivity index (χ4v) is 10.8. The second-order valence-corrected chi connectivity index (χ2v) is 14.2. The van der Waals surface area contributed by atoms with Crippen molar-refractivity contribution in [2.24, 2.45) is 58.2 Å². The molecule has 2 heterocycles. The fraction of sp³-hybridized carbons (Fsp3) is 0.967. The SMILES string of the molecule is CC(=O)OC1CC2C(CC[C@@H]3C[C@H](C)CC[C@]23C)C2CC3OC4(CCC(C)CO4)[C@@H](C)C3[C@@]12C. The van der Waals surface area contributed by atoms with Crippen molar-refractivity contribution < 1.29 is 19.0 Å². The predicted octanol–water partition coefficient (Wildman–Crippen LogP) is 6.61. The first-order valence-corrected chi connectivity index (χ1v) is 14.6. The van der Waals surface area contributed by atoms with Gasteiger partial charge in [-0.05, 0) is 85.9 Å². The standard InChI is InChI=1S/C30H48O4/c1-17-9-11-28(5)21(13-17)7-8-22-23(28)15-26(33-20(4)31)29(6)24(22)14-25-27(29)19(3)30(34-25)12-10-18(2)16-32-30/h17-19,21-27H,7-16H2,1-6H3/t17-,18?,19+,21-,22?,23?,24?,25?,26?,27?,28+,29-,30?/m1/s1. The smallest absolute Gasteiger partial charge is 0.302 e. The number of ether oxygens (including phenoxy) is 3. The molecule has 0 N–H and O–H groups in total. The second-order valence-electron chi connectivity index (χ2n) is 14.2. The normalized spacial score (nSPS) is 58.5. The molecule has 0 amide bonds. The number of rotatable bonds is 1. The minimum absolute atomic E-state index is 0.00453. The van der Waals surface area contributed by atoms with E-state index in [4.69, 9.17) is 14.2 Å². The van der Waals surface area contributed by atoms with Crippen molar-refractivity contribution in [1.82, 2.24) is 0 Å². The maximum Gasteiger partial charge on any atom is 0.302 e. The van der Waals surface area contributed by atoms with Crippen LogP contribution in [0.1, 0.15) is 99.3 Å². The molecule has 6 aliphatic rings. The van der Waals surface area contributed by atoms with E-state index in [2.05, 4.69) is 34.6 Å². The zero-order valence-electron chi connectivity index (χ0n) is 22.5. The van der Waals surface area contributed by atoms with Gasteiger partial charge in [0, 0.05) is 30.6 Å². The molecule has 6 fully saturated rings. The van der Waals surface area contributed by atoms with Crippen LogP contribution in [-0.4, -0.2) is 30.6 Å². The summed E-state index contributed by atoms with van der Waals surface area (Å²) in [6, 6.07) is 0. The van der Waals surface area contributed by atoms with Gasteiger partial charge < -0.3 is 14.2 Å². The average molecular weight is 473 g/mol. The Kier molecular flexibility index (Phi) is 5.55. The van der Waals surface area contributed by atoms with E-state index in [0.717, 1.165) is 43.6 Å². The van der Waals surface area contributed by atoms with Crippen molar-refractivity contribution in [3.8, 4) is 0 Å². The van der Waals surface area contributed by atoms with Crippen LogP contribution in [0.2, 0.25) is 0 Å². The molecular formula is C30H48O4. The first-order valence-electron chi connectivity index (χ1n) is 14.6. The maximum atomic E-state index is 12.4. The summed E-state index contributed by atoms with van der Waals surface area (Å²) in [6.07, 6.45) is 11.5. The van der Waals surface area contributed by atoms with Crippen LogP contribution < -0.4 is 0 Å². The summed E-state index contributed by atoms with van der Waals surface area (Å²) in [7, 11) is 0. The third kappa shape index (κ3) is 3.19. The molecule has 6 rings (SSSR count). The molecule has 0 aromatic carbocycles. The van der Waals surface area contributed by atoms with E-state index in [0.29, 0.717) is 35.0 Å². The van der Waals surface area contributed by atoms with E-state index in [1.54, 1.807) is 6.92 Å². The lowest BCUT2D eigenvalue weighted by Crippen LogP contribution is -2.60. The Morgan fingerprint density at radius 2 is 1.68 bits per heavy atom. The molecule has 2 aliphatic heterocycles. The van der Waals surface area contributed by atoms with Crippen molar-refractivity contribution in [3.05, 3.63) is 0 Å². The molecule has 4 saturated carbocycles. The van der Waals surface area contributed by atoms with Gasteiger partial charge in [-0.1, -0.05) is 41.0 Å². The summed E-state index contributed by atoms with van der Waals surface area (Å²) in [4.78, 5) is 12.4. The highest BCUT2D eigenvalue weighted by Crippen LogP contribution is 2.72. The summed E-state index contributed by atoms with van der Waals surface area (Å²) in [5.74, 6) is 4.56. The van der Waals surface area contributed by atoms with Crippen LogP contribution in [0.5, 0.6) is 0 Å². The molecule has 1 spiro atoms. The molecule has 13 atom stereocenters. The van der Waals surface area contributed by atoms with Gasteiger partial charge >= 0.3 is 5.97 Å². The molecule has 0 aromatic heterocycles. The maximum absolute atomic E-state index is 12.4. The van der Waals surface area contributed by atoms with E-state index in [1.165, 1.54) is 38.5 Å². The summed E-state index contributed by atoms with van der Waals surface area (Å²) in [5, 5.41) is 0. The average Bonchev–Trinajstić information content (AvgIpc) is 3.23. The van der Waals surface area contributed by atoms with Crippen LogP contribution in [0.3, 0.4) is 0 Å². The zero-order valence-corrected chi connectivity index (χ0v) is 22.5. The summed E-state index contributed by atoms with van der Waals surface area (Å²) >= 11 is 0. The van der Waals surface area contributed by atoms with E-state index < -0.39 is 5.79 Å². The lowest BCUT2D eigenvalue weighted by Gasteiger charge is -2.63. The number of hydrogen-bond acceptors (Lipinski definition) is 4. The Hall–Kier alpha value is -0.610. The molecule has 2 saturated heterocycles. The third-order valence-corrected chi connectivity index (χ3v) is 12.6. The Morgan fingerprint density at radius 3 is 2.38 bits per heavy atom. The molecule has 8 unspecified atom stereocenters. The number of carbonyl (C=O) groups excluding carboxylic acids is 1. The molecule has 4 nitrogen and oxygen atoms in total. The van der Waals surface area contributed by atoms with Gasteiger partial charge in [-0.3, -0.25) is 4.79 Å². The van der Waals surface area contributed by atoms with Crippen molar-refractivity contribution in [2.75, 3.05) is 6.61 Å². The van der Waals surface area contributed by atoms with Crippen molar-refractivity contribution >= 4 is 5.97 Å². The monoisotopic (exact) mass is 472 g/mol. The van der Waals surface area contributed by atoms with Gasteiger partial charge in [0.15, 0.2) is 5.79 Å². The van der Waals surface area contributed by atoms with Crippen molar-refractivity contribution in [3.63, 3.8) is 0 Å². The van der Waals surface area contributed by atoms with Crippen LogP contribution in [0.25, 0.3) is 0 Å². The van der Waals surface area contributed by atoms with Gasteiger partial charge in [0.1, 0.15) is 6.10 Å². The van der Waals surface area contributed by atoms with Crippen molar-refractivity contribution in [2.45, 2.75) is 117 Å². The molecule has 4 aliphatic carbocycles. The first-order chi connectivity index (χ1) is 16.1. The predicted molar refractivity (Wildman–Crippen MR) is 132 cm³/mol. The van der Waals surface area contributed by atoms with E-state index in [-0.39, 0.29) is 23.6 Å². The van der Waals surface area contributed by atoms with Crippen LogP contribution in [0, 0.1) is 58.2 Å². The van der Waals surface area contributed by atoms with Gasteiger partial charge in [-0.2, -0.15) is 0 Å². The van der Waals surface area contributed by atoms with Crippen LogP contribution in [0.4, 0.5) is 0 Å². The minimum Gasteiger partial charge on any atom is -0.462 e.